The molecule has 0 atom stereocenters. The van der Waals surface area contributed by atoms with Crippen LogP contribution in [0.1, 0.15) is 27.9 Å². The SMILES string of the molecule is C=C1N(CCCO)C(=O)c2c(ncc(-c3cccc(F)c3)c2Cc2ccccc2)N1C. The molecular weight excluding hydrogens is 393 g/mol. The number of nitrogens with zero attached hydrogens (tertiary/aromatic N) is 3. The summed E-state index contributed by atoms with van der Waals surface area (Å²) in [6.07, 6.45) is 2.64. The van der Waals surface area contributed by atoms with Crippen LogP contribution in [-0.4, -0.2) is 41.1 Å². The second-order valence-electron chi connectivity index (χ2n) is 7.53. The second kappa shape index (κ2) is 8.70. The van der Waals surface area contributed by atoms with E-state index in [0.29, 0.717) is 42.2 Å². The van der Waals surface area contributed by atoms with Crippen LogP contribution in [0.15, 0.2) is 73.2 Å². The summed E-state index contributed by atoms with van der Waals surface area (Å²) in [4.78, 5) is 21.5. The maximum Gasteiger partial charge on any atom is 0.263 e. The van der Waals surface area contributed by atoms with Crippen molar-refractivity contribution in [3.05, 3.63) is 95.7 Å². The Balaban J connectivity index is 1.92. The summed E-state index contributed by atoms with van der Waals surface area (Å²) in [5.74, 6) is 0.495. The average molecular weight is 417 g/mol. The van der Waals surface area contributed by atoms with Crippen LogP contribution in [0.5, 0.6) is 0 Å². The van der Waals surface area contributed by atoms with Crippen molar-refractivity contribution in [1.29, 1.82) is 0 Å². The number of carbonyl (C=O) groups excluding carboxylic acids is 1. The highest BCUT2D eigenvalue weighted by Crippen LogP contribution is 2.37. The van der Waals surface area contributed by atoms with E-state index in [1.54, 1.807) is 22.1 Å². The standard InChI is InChI=1S/C25H24FN3O2/c1-17-28(2)24-23(25(31)29(17)12-7-13-30)21(14-18-8-4-3-5-9-18)22(16-27-24)19-10-6-11-20(26)15-19/h3-6,8-11,15-16,30H,1,7,12-14H2,2H3. The molecule has 1 N–H and O–H groups in total. The van der Waals surface area contributed by atoms with E-state index in [1.165, 1.54) is 12.1 Å². The van der Waals surface area contributed by atoms with Crippen molar-refractivity contribution in [3.8, 4) is 11.1 Å². The third-order valence-corrected chi connectivity index (χ3v) is 5.54. The Labute approximate surface area is 181 Å². The van der Waals surface area contributed by atoms with Gasteiger partial charge in [0.2, 0.25) is 0 Å². The van der Waals surface area contributed by atoms with Gasteiger partial charge in [0.25, 0.3) is 5.91 Å². The molecule has 3 aromatic rings. The number of carbonyl (C=O) groups is 1. The van der Waals surface area contributed by atoms with Crippen LogP contribution >= 0.6 is 0 Å². The van der Waals surface area contributed by atoms with Gasteiger partial charge in [0, 0.05) is 32.0 Å². The largest absolute Gasteiger partial charge is 0.396 e. The van der Waals surface area contributed by atoms with Gasteiger partial charge in [-0.15, -0.1) is 0 Å². The number of hydrogen-bond acceptors (Lipinski definition) is 4. The molecular formula is C25H24FN3O2. The van der Waals surface area contributed by atoms with E-state index < -0.39 is 0 Å². The van der Waals surface area contributed by atoms with Crippen molar-refractivity contribution in [2.75, 3.05) is 25.1 Å². The van der Waals surface area contributed by atoms with Gasteiger partial charge in [0.05, 0.1) is 5.56 Å². The maximum absolute atomic E-state index is 14.0. The average Bonchev–Trinajstić information content (AvgIpc) is 2.78. The molecule has 1 amide bonds. The maximum atomic E-state index is 14.0. The number of anilines is 1. The normalized spacial score (nSPS) is 13.5. The molecule has 0 radical (unpaired) electrons. The Morgan fingerprint density at radius 3 is 2.61 bits per heavy atom. The summed E-state index contributed by atoms with van der Waals surface area (Å²) >= 11 is 0. The molecule has 4 rings (SSSR count). The molecule has 0 fully saturated rings. The summed E-state index contributed by atoms with van der Waals surface area (Å²) in [6, 6.07) is 16.2. The number of halogens is 1. The second-order valence-corrected chi connectivity index (χ2v) is 7.53. The fraction of sp³-hybridized carbons (Fsp3) is 0.200. The number of pyridine rings is 1. The van der Waals surface area contributed by atoms with Crippen molar-refractivity contribution in [1.82, 2.24) is 9.88 Å². The van der Waals surface area contributed by atoms with Crippen LogP contribution in [0.25, 0.3) is 11.1 Å². The number of aromatic nitrogens is 1. The van der Waals surface area contributed by atoms with Crippen LogP contribution in [0.2, 0.25) is 0 Å². The molecule has 1 aliphatic heterocycles. The Morgan fingerprint density at radius 2 is 1.90 bits per heavy atom. The Kier molecular flexibility index (Phi) is 5.82. The molecule has 1 aliphatic rings. The van der Waals surface area contributed by atoms with Crippen molar-refractivity contribution in [3.63, 3.8) is 0 Å². The lowest BCUT2D eigenvalue weighted by atomic mass is 9.91. The summed E-state index contributed by atoms with van der Waals surface area (Å²) in [7, 11) is 1.82. The monoisotopic (exact) mass is 417 g/mol. The quantitative estimate of drug-likeness (QED) is 0.652. The molecule has 2 aromatic carbocycles. The molecule has 0 aliphatic carbocycles. The summed E-state index contributed by atoms with van der Waals surface area (Å²) < 4.78 is 14.0. The number of hydrogen-bond donors (Lipinski definition) is 1. The predicted octanol–water partition coefficient (Wildman–Crippen LogP) is 4.22. The Bertz CT molecular complexity index is 1130. The minimum Gasteiger partial charge on any atom is -0.396 e. The first kappa shape index (κ1) is 20.8. The van der Waals surface area contributed by atoms with Gasteiger partial charge in [-0.25, -0.2) is 9.37 Å². The highest BCUT2D eigenvalue weighted by atomic mass is 19.1. The number of aliphatic hydroxyl groups excluding tert-OH is 1. The number of aliphatic hydroxyl groups is 1. The van der Waals surface area contributed by atoms with E-state index in [0.717, 1.165) is 16.7 Å². The van der Waals surface area contributed by atoms with Crippen LogP contribution in [0.3, 0.4) is 0 Å². The third kappa shape index (κ3) is 3.94. The molecule has 0 spiro atoms. The van der Waals surface area contributed by atoms with Crippen LogP contribution in [0.4, 0.5) is 10.2 Å². The first-order valence-electron chi connectivity index (χ1n) is 10.2. The summed E-state index contributed by atoms with van der Waals surface area (Å²) in [5.41, 5.74) is 3.70. The van der Waals surface area contributed by atoms with E-state index >= 15 is 0 Å². The van der Waals surface area contributed by atoms with Gasteiger partial charge in [-0.1, -0.05) is 49.0 Å². The van der Waals surface area contributed by atoms with E-state index in [9.17, 15) is 14.3 Å². The highest BCUT2D eigenvalue weighted by Gasteiger charge is 2.35. The molecule has 0 saturated heterocycles. The van der Waals surface area contributed by atoms with Gasteiger partial charge in [0.1, 0.15) is 17.5 Å². The van der Waals surface area contributed by atoms with E-state index in [4.69, 9.17) is 0 Å². The van der Waals surface area contributed by atoms with E-state index in [1.807, 2.05) is 43.4 Å². The summed E-state index contributed by atoms with van der Waals surface area (Å²) in [6.45, 7) is 4.38. The fourth-order valence-corrected chi connectivity index (χ4v) is 3.92. The summed E-state index contributed by atoms with van der Waals surface area (Å²) in [5, 5.41) is 9.27. The molecule has 158 valence electrons. The van der Waals surface area contributed by atoms with Gasteiger partial charge < -0.3 is 10.0 Å². The van der Waals surface area contributed by atoms with Crippen molar-refractivity contribution < 1.29 is 14.3 Å². The van der Waals surface area contributed by atoms with Crippen LogP contribution < -0.4 is 4.90 Å². The first-order valence-corrected chi connectivity index (χ1v) is 10.2. The number of benzene rings is 2. The van der Waals surface area contributed by atoms with Gasteiger partial charge in [-0.05, 0) is 41.7 Å². The first-order chi connectivity index (χ1) is 15.0. The zero-order valence-corrected chi connectivity index (χ0v) is 17.4. The lowest BCUT2D eigenvalue weighted by Crippen LogP contribution is -2.44. The molecule has 0 bridgehead atoms. The molecule has 6 heteroatoms. The van der Waals surface area contributed by atoms with Crippen molar-refractivity contribution in [2.45, 2.75) is 12.8 Å². The minimum atomic E-state index is -0.345. The fourth-order valence-electron chi connectivity index (χ4n) is 3.92. The highest BCUT2D eigenvalue weighted by molar-refractivity contribution is 6.05. The molecule has 2 heterocycles. The van der Waals surface area contributed by atoms with Gasteiger partial charge in [0.15, 0.2) is 0 Å². The van der Waals surface area contributed by atoms with Crippen molar-refractivity contribution >= 4 is 11.7 Å². The van der Waals surface area contributed by atoms with Gasteiger partial charge >= 0.3 is 0 Å². The zero-order valence-electron chi connectivity index (χ0n) is 17.4. The third-order valence-electron chi connectivity index (χ3n) is 5.54. The Morgan fingerprint density at radius 1 is 1.13 bits per heavy atom. The van der Waals surface area contributed by atoms with Crippen molar-refractivity contribution in [2.24, 2.45) is 0 Å². The van der Waals surface area contributed by atoms with Crippen LogP contribution in [-0.2, 0) is 6.42 Å². The lowest BCUT2D eigenvalue weighted by molar-refractivity contribution is 0.0784. The van der Waals surface area contributed by atoms with E-state index in [-0.39, 0.29) is 18.3 Å². The Hall–Kier alpha value is -3.51. The van der Waals surface area contributed by atoms with Gasteiger partial charge in [-0.3, -0.25) is 9.69 Å². The molecule has 0 unspecified atom stereocenters. The number of fused-ring (bicyclic) bond motifs is 1. The number of rotatable bonds is 6. The molecule has 1 aromatic heterocycles. The smallest absolute Gasteiger partial charge is 0.263 e. The molecule has 5 nitrogen and oxygen atoms in total. The predicted molar refractivity (Wildman–Crippen MR) is 119 cm³/mol. The van der Waals surface area contributed by atoms with E-state index in [2.05, 4.69) is 11.6 Å². The molecule has 0 saturated carbocycles. The van der Waals surface area contributed by atoms with Gasteiger partial charge in [-0.2, -0.15) is 0 Å². The number of amides is 1. The topological polar surface area (TPSA) is 56.7 Å². The lowest BCUT2D eigenvalue weighted by Gasteiger charge is -2.38. The van der Waals surface area contributed by atoms with Crippen LogP contribution in [0, 0.1) is 5.82 Å². The minimum absolute atomic E-state index is 0.0217. The zero-order chi connectivity index (χ0) is 22.0. The molecule has 31 heavy (non-hydrogen) atoms.